The second kappa shape index (κ2) is 5.31. The molecule has 2 rings (SSSR count). The number of aromatic nitrogens is 2. The first-order valence-corrected chi connectivity index (χ1v) is 5.48. The van der Waals surface area contributed by atoms with Crippen molar-refractivity contribution in [1.82, 2.24) is 9.97 Å². The Morgan fingerprint density at radius 3 is 2.74 bits per heavy atom. The van der Waals surface area contributed by atoms with Gasteiger partial charge in [0.1, 0.15) is 11.8 Å². The van der Waals surface area contributed by atoms with E-state index in [1.165, 1.54) is 19.2 Å². The van der Waals surface area contributed by atoms with Gasteiger partial charge in [-0.1, -0.05) is 0 Å². The third kappa shape index (κ3) is 2.96. The predicted molar refractivity (Wildman–Crippen MR) is 67.7 cm³/mol. The molecule has 1 N–H and O–H groups in total. The number of nitrogens with zero attached hydrogens (tertiary/aromatic N) is 3. The number of hydrogen-bond acceptors (Lipinski definition) is 5. The van der Waals surface area contributed by atoms with E-state index in [9.17, 15) is 4.39 Å². The normalized spacial score (nSPS) is 9.79. The van der Waals surface area contributed by atoms with E-state index in [1.54, 1.807) is 19.1 Å². The van der Waals surface area contributed by atoms with E-state index < -0.39 is 5.82 Å². The molecule has 0 aliphatic carbocycles. The number of nitriles is 1. The minimum atomic E-state index is -0.486. The number of nitrogens with one attached hydrogen (secondary N) is 1. The summed E-state index contributed by atoms with van der Waals surface area (Å²) in [7, 11) is 1.40. The largest absolute Gasteiger partial charge is 0.494 e. The number of halogens is 1. The number of anilines is 2. The van der Waals surface area contributed by atoms with Crippen LogP contribution in [0, 0.1) is 24.1 Å². The third-order valence-electron chi connectivity index (χ3n) is 2.38. The van der Waals surface area contributed by atoms with E-state index in [4.69, 9.17) is 10.00 Å². The van der Waals surface area contributed by atoms with Gasteiger partial charge in [0.15, 0.2) is 11.6 Å². The Labute approximate surface area is 109 Å². The minimum absolute atomic E-state index is 0.161. The van der Waals surface area contributed by atoms with Gasteiger partial charge in [0.05, 0.1) is 7.11 Å². The van der Waals surface area contributed by atoms with E-state index in [1.807, 2.05) is 6.07 Å². The highest BCUT2D eigenvalue weighted by molar-refractivity contribution is 5.55. The molecule has 0 bridgehead atoms. The molecule has 0 saturated carbocycles. The van der Waals surface area contributed by atoms with Crippen LogP contribution in [0.4, 0.5) is 16.0 Å². The summed E-state index contributed by atoms with van der Waals surface area (Å²) in [6.07, 6.45) is 0. The quantitative estimate of drug-likeness (QED) is 0.916. The lowest BCUT2D eigenvalue weighted by Crippen LogP contribution is -2.01. The molecular weight excluding hydrogens is 247 g/mol. The second-order valence-corrected chi connectivity index (χ2v) is 3.80. The van der Waals surface area contributed by atoms with Crippen LogP contribution in [0.5, 0.6) is 5.75 Å². The Hall–Kier alpha value is -2.68. The van der Waals surface area contributed by atoms with Gasteiger partial charge in [0.2, 0.25) is 5.95 Å². The van der Waals surface area contributed by atoms with Crippen LogP contribution in [0.3, 0.4) is 0 Å². The summed E-state index contributed by atoms with van der Waals surface area (Å²) in [6, 6.07) is 7.92. The fourth-order valence-corrected chi connectivity index (χ4v) is 1.55. The molecule has 0 saturated heterocycles. The van der Waals surface area contributed by atoms with Crippen molar-refractivity contribution in [3.8, 4) is 11.8 Å². The van der Waals surface area contributed by atoms with E-state index in [0.29, 0.717) is 11.4 Å². The first-order chi connectivity index (χ1) is 9.12. The van der Waals surface area contributed by atoms with Crippen LogP contribution in [-0.4, -0.2) is 17.1 Å². The lowest BCUT2D eigenvalue weighted by atomic mass is 10.3. The molecule has 0 unspecified atom stereocenters. The lowest BCUT2D eigenvalue weighted by molar-refractivity contribution is 0.386. The van der Waals surface area contributed by atoms with Gasteiger partial charge in [0.25, 0.3) is 0 Å². The Balaban J connectivity index is 2.29. The molecule has 1 aromatic heterocycles. The molecule has 0 aliphatic heterocycles. The van der Waals surface area contributed by atoms with Gasteiger partial charge in [-0.05, 0) is 25.1 Å². The van der Waals surface area contributed by atoms with Gasteiger partial charge in [0, 0.05) is 17.4 Å². The highest BCUT2D eigenvalue weighted by Gasteiger charge is 2.06. The molecular formula is C13H11FN4O. The van der Waals surface area contributed by atoms with Crippen LogP contribution in [0.25, 0.3) is 0 Å². The zero-order valence-electron chi connectivity index (χ0n) is 10.4. The minimum Gasteiger partial charge on any atom is -0.494 e. The number of ether oxygens (including phenoxy) is 1. The van der Waals surface area contributed by atoms with Crippen molar-refractivity contribution in [2.24, 2.45) is 0 Å². The summed E-state index contributed by atoms with van der Waals surface area (Å²) in [4.78, 5) is 8.10. The zero-order chi connectivity index (χ0) is 13.8. The topological polar surface area (TPSA) is 70.8 Å². The fourth-order valence-electron chi connectivity index (χ4n) is 1.55. The van der Waals surface area contributed by atoms with E-state index in [2.05, 4.69) is 15.3 Å². The standard InChI is InChI=1S/C13H11FN4O/c1-8-5-10(7-15)18-13(16-8)17-9-3-4-12(19-2)11(14)6-9/h3-6H,1-2H3,(H,16,17,18). The number of aryl methyl sites for hydroxylation is 1. The molecule has 96 valence electrons. The van der Waals surface area contributed by atoms with Crippen molar-refractivity contribution in [3.63, 3.8) is 0 Å². The van der Waals surface area contributed by atoms with E-state index in [0.717, 1.165) is 0 Å². The van der Waals surface area contributed by atoms with Crippen molar-refractivity contribution in [1.29, 1.82) is 5.26 Å². The Bertz CT molecular complexity index is 652. The maximum absolute atomic E-state index is 13.5. The molecule has 5 nitrogen and oxygen atoms in total. The first-order valence-electron chi connectivity index (χ1n) is 5.48. The van der Waals surface area contributed by atoms with Crippen molar-refractivity contribution in [2.75, 3.05) is 12.4 Å². The van der Waals surface area contributed by atoms with Crippen molar-refractivity contribution in [3.05, 3.63) is 41.5 Å². The smallest absolute Gasteiger partial charge is 0.228 e. The van der Waals surface area contributed by atoms with Gasteiger partial charge in [-0.25, -0.2) is 14.4 Å². The van der Waals surface area contributed by atoms with Gasteiger partial charge in [-0.15, -0.1) is 0 Å². The molecule has 19 heavy (non-hydrogen) atoms. The summed E-state index contributed by atoms with van der Waals surface area (Å²) >= 11 is 0. The molecule has 1 aromatic carbocycles. The molecule has 0 atom stereocenters. The number of hydrogen-bond donors (Lipinski definition) is 1. The highest BCUT2D eigenvalue weighted by Crippen LogP contribution is 2.22. The van der Waals surface area contributed by atoms with Crippen LogP contribution in [0.15, 0.2) is 24.3 Å². The summed E-state index contributed by atoms with van der Waals surface area (Å²) in [5, 5.41) is 11.7. The van der Waals surface area contributed by atoms with Crippen molar-refractivity contribution < 1.29 is 9.13 Å². The van der Waals surface area contributed by atoms with Crippen molar-refractivity contribution >= 4 is 11.6 Å². The zero-order valence-corrected chi connectivity index (χ0v) is 10.4. The molecule has 2 aromatic rings. The van der Waals surface area contributed by atoms with Gasteiger partial charge < -0.3 is 10.1 Å². The first kappa shape index (κ1) is 12.8. The van der Waals surface area contributed by atoms with Gasteiger partial charge in [-0.2, -0.15) is 5.26 Å². The van der Waals surface area contributed by atoms with E-state index in [-0.39, 0.29) is 17.4 Å². The lowest BCUT2D eigenvalue weighted by Gasteiger charge is -2.07. The third-order valence-corrected chi connectivity index (χ3v) is 2.38. The average Bonchev–Trinajstić information content (AvgIpc) is 2.38. The SMILES string of the molecule is COc1ccc(Nc2nc(C)cc(C#N)n2)cc1F. The average molecular weight is 258 g/mol. The fraction of sp³-hybridized carbons (Fsp3) is 0.154. The molecule has 0 aliphatic rings. The monoisotopic (exact) mass is 258 g/mol. The number of benzene rings is 1. The summed E-state index contributed by atoms with van der Waals surface area (Å²) < 4.78 is 18.3. The summed E-state index contributed by atoms with van der Waals surface area (Å²) in [5.41, 5.74) is 1.39. The molecule has 0 fully saturated rings. The Morgan fingerprint density at radius 2 is 2.11 bits per heavy atom. The van der Waals surface area contributed by atoms with Crippen LogP contribution in [0.2, 0.25) is 0 Å². The second-order valence-electron chi connectivity index (χ2n) is 3.80. The number of methoxy groups -OCH3 is 1. The molecule has 0 radical (unpaired) electrons. The summed E-state index contributed by atoms with van der Waals surface area (Å²) in [6.45, 7) is 1.75. The van der Waals surface area contributed by atoms with E-state index >= 15 is 0 Å². The van der Waals surface area contributed by atoms with Gasteiger partial charge >= 0.3 is 0 Å². The van der Waals surface area contributed by atoms with Gasteiger partial charge in [-0.3, -0.25) is 0 Å². The molecule has 0 spiro atoms. The van der Waals surface area contributed by atoms with Crippen LogP contribution in [-0.2, 0) is 0 Å². The van der Waals surface area contributed by atoms with Crippen molar-refractivity contribution in [2.45, 2.75) is 6.92 Å². The maximum Gasteiger partial charge on any atom is 0.228 e. The number of rotatable bonds is 3. The predicted octanol–water partition coefficient (Wildman–Crippen LogP) is 2.55. The van der Waals surface area contributed by atoms with Crippen LogP contribution >= 0.6 is 0 Å². The van der Waals surface area contributed by atoms with Crippen LogP contribution < -0.4 is 10.1 Å². The highest BCUT2D eigenvalue weighted by atomic mass is 19.1. The molecule has 0 amide bonds. The molecule has 6 heteroatoms. The summed E-state index contributed by atoms with van der Waals surface area (Å²) in [5.74, 6) is -0.0739. The van der Waals surface area contributed by atoms with Crippen LogP contribution in [0.1, 0.15) is 11.4 Å². The maximum atomic E-state index is 13.5. The molecule has 1 heterocycles. The Kier molecular flexibility index (Phi) is 3.57. The Morgan fingerprint density at radius 1 is 1.32 bits per heavy atom.